The normalized spacial score (nSPS) is 12.8. The van der Waals surface area contributed by atoms with E-state index in [1.165, 1.54) is 24.3 Å². The highest BCUT2D eigenvalue weighted by atomic mass is 32.2. The summed E-state index contributed by atoms with van der Waals surface area (Å²) in [5, 5.41) is 4.99. The van der Waals surface area contributed by atoms with Crippen LogP contribution < -0.4 is 5.14 Å². The summed E-state index contributed by atoms with van der Waals surface area (Å²) in [5.74, 6) is -2.16. The Kier molecular flexibility index (Phi) is 4.79. The van der Waals surface area contributed by atoms with Crippen molar-refractivity contribution in [3.8, 4) is 0 Å². The van der Waals surface area contributed by atoms with Gasteiger partial charge in [-0.3, -0.25) is 4.79 Å². The molecule has 0 aliphatic heterocycles. The van der Waals surface area contributed by atoms with E-state index in [0.717, 1.165) is 0 Å². The number of primary sulfonamides is 1. The van der Waals surface area contributed by atoms with Gasteiger partial charge in [0.1, 0.15) is 0 Å². The van der Waals surface area contributed by atoms with Crippen LogP contribution in [0.3, 0.4) is 0 Å². The molecule has 6 nitrogen and oxygen atoms in total. The maximum Gasteiger partial charge on any atom is 0.347 e. The van der Waals surface area contributed by atoms with Gasteiger partial charge >= 0.3 is 11.9 Å². The van der Waals surface area contributed by atoms with Gasteiger partial charge in [-0.15, -0.1) is 0 Å². The standard InChI is InChI=1S/C12H15NO5S/c1-3-8(2)11(14)18-12(15)9-6-4-5-7-10(9)19(13,16)17/h4-8H,3H2,1-2H3,(H2,13,16,17). The summed E-state index contributed by atoms with van der Waals surface area (Å²) in [4.78, 5) is 22.9. The van der Waals surface area contributed by atoms with E-state index in [2.05, 4.69) is 4.74 Å². The lowest BCUT2D eigenvalue weighted by molar-refractivity contribution is -0.142. The zero-order valence-electron chi connectivity index (χ0n) is 10.6. The fourth-order valence-corrected chi connectivity index (χ4v) is 2.02. The van der Waals surface area contributed by atoms with Gasteiger partial charge in [0.15, 0.2) is 0 Å². The maximum absolute atomic E-state index is 11.8. The van der Waals surface area contributed by atoms with E-state index < -0.39 is 27.9 Å². The lowest BCUT2D eigenvalue weighted by atomic mass is 10.1. The minimum Gasteiger partial charge on any atom is -0.389 e. The zero-order valence-corrected chi connectivity index (χ0v) is 11.4. The first-order valence-corrected chi connectivity index (χ1v) is 7.19. The van der Waals surface area contributed by atoms with Gasteiger partial charge in [0, 0.05) is 0 Å². The van der Waals surface area contributed by atoms with Gasteiger partial charge in [0.2, 0.25) is 10.0 Å². The second kappa shape index (κ2) is 5.94. The summed E-state index contributed by atoms with van der Waals surface area (Å²) < 4.78 is 27.3. The molecule has 0 radical (unpaired) electrons. The van der Waals surface area contributed by atoms with E-state index in [9.17, 15) is 18.0 Å². The summed E-state index contributed by atoms with van der Waals surface area (Å²) in [6.45, 7) is 3.38. The summed E-state index contributed by atoms with van der Waals surface area (Å²) >= 11 is 0. The Morgan fingerprint density at radius 1 is 1.32 bits per heavy atom. The molecule has 0 amide bonds. The number of benzene rings is 1. The van der Waals surface area contributed by atoms with Crippen LogP contribution in [0, 0.1) is 5.92 Å². The van der Waals surface area contributed by atoms with Crippen molar-refractivity contribution in [1.82, 2.24) is 0 Å². The Balaban J connectivity index is 3.05. The fraction of sp³-hybridized carbons (Fsp3) is 0.333. The molecule has 0 aliphatic rings. The minimum absolute atomic E-state index is 0.248. The number of esters is 2. The van der Waals surface area contributed by atoms with Gasteiger partial charge in [-0.25, -0.2) is 18.4 Å². The second-order valence-corrected chi connectivity index (χ2v) is 5.59. The molecule has 19 heavy (non-hydrogen) atoms. The van der Waals surface area contributed by atoms with Crippen LogP contribution in [0.1, 0.15) is 30.6 Å². The number of carbonyl (C=O) groups is 2. The Morgan fingerprint density at radius 3 is 2.42 bits per heavy atom. The van der Waals surface area contributed by atoms with Crippen LogP contribution in [0.4, 0.5) is 0 Å². The van der Waals surface area contributed by atoms with Crippen LogP contribution in [0.5, 0.6) is 0 Å². The average molecular weight is 285 g/mol. The summed E-state index contributed by atoms with van der Waals surface area (Å²) in [6, 6.07) is 5.30. The molecule has 1 unspecified atom stereocenters. The van der Waals surface area contributed by atoms with Crippen LogP contribution in [0.2, 0.25) is 0 Å². The maximum atomic E-state index is 11.8. The third-order valence-corrected chi connectivity index (χ3v) is 3.59. The summed E-state index contributed by atoms with van der Waals surface area (Å²) in [7, 11) is -4.05. The molecular formula is C12H15NO5S. The molecule has 1 aromatic rings. The highest BCUT2D eigenvalue weighted by molar-refractivity contribution is 7.89. The molecule has 104 valence electrons. The molecule has 1 aromatic carbocycles. The molecule has 0 bridgehead atoms. The first-order chi connectivity index (χ1) is 8.77. The van der Waals surface area contributed by atoms with E-state index in [0.29, 0.717) is 6.42 Å². The quantitative estimate of drug-likeness (QED) is 0.658. The molecule has 0 spiro atoms. The molecule has 0 aromatic heterocycles. The van der Waals surface area contributed by atoms with Gasteiger partial charge in [-0.1, -0.05) is 26.0 Å². The van der Waals surface area contributed by atoms with Gasteiger partial charge in [-0.2, -0.15) is 0 Å². The van der Waals surface area contributed by atoms with E-state index in [-0.39, 0.29) is 10.5 Å². The highest BCUT2D eigenvalue weighted by Gasteiger charge is 2.23. The first-order valence-electron chi connectivity index (χ1n) is 5.65. The Morgan fingerprint density at radius 2 is 1.89 bits per heavy atom. The number of ether oxygens (including phenoxy) is 1. The van der Waals surface area contributed by atoms with Crippen LogP contribution in [-0.2, 0) is 19.6 Å². The van der Waals surface area contributed by atoms with Crippen molar-refractivity contribution in [2.45, 2.75) is 25.2 Å². The molecule has 1 atom stereocenters. The lowest BCUT2D eigenvalue weighted by Gasteiger charge is -2.09. The Labute approximate surface area is 111 Å². The van der Waals surface area contributed by atoms with Gasteiger partial charge in [0.05, 0.1) is 16.4 Å². The van der Waals surface area contributed by atoms with Gasteiger partial charge in [-0.05, 0) is 18.6 Å². The monoisotopic (exact) mass is 285 g/mol. The zero-order chi connectivity index (χ0) is 14.6. The van der Waals surface area contributed by atoms with Crippen molar-refractivity contribution in [2.75, 3.05) is 0 Å². The largest absolute Gasteiger partial charge is 0.389 e. The van der Waals surface area contributed by atoms with E-state index in [1.54, 1.807) is 13.8 Å². The first kappa shape index (κ1) is 15.3. The third kappa shape index (κ3) is 3.87. The van der Waals surface area contributed by atoms with Crippen LogP contribution in [-0.4, -0.2) is 20.4 Å². The molecule has 0 saturated carbocycles. The molecule has 0 fully saturated rings. The second-order valence-electron chi connectivity index (χ2n) is 4.06. The number of carbonyl (C=O) groups excluding carboxylic acids is 2. The van der Waals surface area contributed by atoms with Crippen molar-refractivity contribution in [2.24, 2.45) is 11.1 Å². The number of nitrogens with two attached hydrogens (primary N) is 1. The SMILES string of the molecule is CCC(C)C(=O)OC(=O)c1ccccc1S(N)(=O)=O. The van der Waals surface area contributed by atoms with Crippen molar-refractivity contribution < 1.29 is 22.7 Å². The van der Waals surface area contributed by atoms with Crippen molar-refractivity contribution in [1.29, 1.82) is 0 Å². The Bertz CT molecular complexity index is 594. The summed E-state index contributed by atoms with van der Waals surface area (Å²) in [6.07, 6.45) is 0.517. The minimum atomic E-state index is -4.05. The average Bonchev–Trinajstić information content (AvgIpc) is 2.36. The number of rotatable bonds is 4. The van der Waals surface area contributed by atoms with Crippen LogP contribution in [0.25, 0.3) is 0 Å². The molecule has 0 aliphatic carbocycles. The third-order valence-electron chi connectivity index (χ3n) is 2.62. The Hall–Kier alpha value is -1.73. The molecule has 7 heteroatoms. The van der Waals surface area contributed by atoms with Crippen molar-refractivity contribution in [3.05, 3.63) is 29.8 Å². The smallest absolute Gasteiger partial charge is 0.347 e. The number of hydrogen-bond acceptors (Lipinski definition) is 5. The number of hydrogen-bond donors (Lipinski definition) is 1. The molecule has 2 N–H and O–H groups in total. The van der Waals surface area contributed by atoms with Crippen molar-refractivity contribution in [3.63, 3.8) is 0 Å². The molecule has 1 rings (SSSR count). The van der Waals surface area contributed by atoms with Crippen molar-refractivity contribution >= 4 is 22.0 Å². The molecule has 0 saturated heterocycles. The fourth-order valence-electron chi connectivity index (χ4n) is 1.30. The predicted octanol–water partition coefficient (Wildman–Crippen LogP) is 1.06. The molecule has 0 heterocycles. The molecular weight excluding hydrogens is 270 g/mol. The van der Waals surface area contributed by atoms with Gasteiger partial charge in [0.25, 0.3) is 0 Å². The lowest BCUT2D eigenvalue weighted by Crippen LogP contribution is -2.22. The predicted molar refractivity (Wildman–Crippen MR) is 67.7 cm³/mol. The highest BCUT2D eigenvalue weighted by Crippen LogP contribution is 2.16. The van der Waals surface area contributed by atoms with Gasteiger partial charge < -0.3 is 4.74 Å². The summed E-state index contributed by atoms with van der Waals surface area (Å²) in [5.41, 5.74) is -0.248. The van der Waals surface area contributed by atoms with E-state index in [1.807, 2.05) is 0 Å². The van der Waals surface area contributed by atoms with Crippen LogP contribution >= 0.6 is 0 Å². The topological polar surface area (TPSA) is 104 Å². The number of sulfonamides is 1. The van der Waals surface area contributed by atoms with Crippen LogP contribution in [0.15, 0.2) is 29.2 Å². The van der Waals surface area contributed by atoms with E-state index in [4.69, 9.17) is 5.14 Å². The van der Waals surface area contributed by atoms with E-state index >= 15 is 0 Å².